The number of esters is 1. The molecule has 4 N–H and O–H groups in total. The second kappa shape index (κ2) is 15.3. The first-order valence-corrected chi connectivity index (χ1v) is 13.8. The summed E-state index contributed by atoms with van der Waals surface area (Å²) < 4.78 is 10.2. The molecule has 0 heterocycles. The Morgan fingerprint density at radius 1 is 0.902 bits per heavy atom. The van der Waals surface area contributed by atoms with Crippen molar-refractivity contribution in [2.45, 2.75) is 77.6 Å². The van der Waals surface area contributed by atoms with E-state index in [4.69, 9.17) is 21.1 Å². The standard InChI is InChI=1S/C30H40ClN3O7/c1-7-18(2)25(27(37)32-24(28(38)40-6)17-20-9-8-10-22(35)15-20)34-26(36)23(33-29(39)41-30(3,4)5)16-19-11-13-21(31)14-12-19/h8-15,18,23-25,35H,7,16-17H2,1-6H3,(H,32,37)(H,33,39)(H,34,36)/t18-,23-,24-,25-/m0/s1. The van der Waals surface area contributed by atoms with Crippen LogP contribution in [-0.2, 0) is 36.7 Å². The number of carbonyl (C=O) groups excluding carboxylic acids is 4. The normalized spacial score (nSPS) is 14.1. The van der Waals surface area contributed by atoms with Gasteiger partial charge in [0.1, 0.15) is 29.5 Å². The van der Waals surface area contributed by atoms with E-state index >= 15 is 0 Å². The fraction of sp³-hybridized carbons (Fsp3) is 0.467. The van der Waals surface area contributed by atoms with Crippen molar-refractivity contribution in [2.24, 2.45) is 5.92 Å². The number of aromatic hydroxyl groups is 1. The van der Waals surface area contributed by atoms with Gasteiger partial charge in [-0.15, -0.1) is 0 Å². The van der Waals surface area contributed by atoms with Crippen molar-refractivity contribution in [1.29, 1.82) is 0 Å². The zero-order chi connectivity index (χ0) is 30.7. The molecule has 0 fully saturated rings. The Hall–Kier alpha value is -3.79. The van der Waals surface area contributed by atoms with Crippen molar-refractivity contribution < 1.29 is 33.8 Å². The highest BCUT2D eigenvalue weighted by molar-refractivity contribution is 6.30. The number of hydrogen-bond acceptors (Lipinski definition) is 7. The van der Waals surface area contributed by atoms with E-state index in [1.54, 1.807) is 64.1 Å². The van der Waals surface area contributed by atoms with Gasteiger partial charge in [-0.3, -0.25) is 9.59 Å². The highest BCUT2D eigenvalue weighted by atomic mass is 35.5. The molecule has 0 aliphatic carbocycles. The van der Waals surface area contributed by atoms with Crippen molar-refractivity contribution in [3.8, 4) is 5.75 Å². The Morgan fingerprint density at radius 3 is 2.10 bits per heavy atom. The van der Waals surface area contributed by atoms with Crippen LogP contribution in [0.4, 0.5) is 4.79 Å². The zero-order valence-corrected chi connectivity index (χ0v) is 25.1. The maximum absolute atomic E-state index is 13.5. The number of benzene rings is 2. The van der Waals surface area contributed by atoms with Gasteiger partial charge in [0.15, 0.2) is 0 Å². The molecule has 0 radical (unpaired) electrons. The van der Waals surface area contributed by atoms with E-state index in [0.29, 0.717) is 17.0 Å². The molecule has 4 atom stereocenters. The van der Waals surface area contributed by atoms with E-state index in [-0.39, 0.29) is 24.5 Å². The summed E-state index contributed by atoms with van der Waals surface area (Å²) in [7, 11) is 1.21. The van der Waals surface area contributed by atoms with E-state index in [9.17, 15) is 24.3 Å². The second-order valence-electron chi connectivity index (χ2n) is 10.9. The Morgan fingerprint density at radius 2 is 1.54 bits per heavy atom. The van der Waals surface area contributed by atoms with Crippen molar-refractivity contribution in [3.63, 3.8) is 0 Å². The number of phenolic OH excluding ortho intramolecular Hbond substituents is 1. The summed E-state index contributed by atoms with van der Waals surface area (Å²) in [6.07, 6.45) is -0.0740. The van der Waals surface area contributed by atoms with Crippen LogP contribution in [-0.4, -0.2) is 59.8 Å². The first kappa shape index (κ1) is 33.4. The first-order valence-electron chi connectivity index (χ1n) is 13.4. The molecule has 0 unspecified atom stereocenters. The predicted octanol–water partition coefficient (Wildman–Crippen LogP) is 3.91. The van der Waals surface area contributed by atoms with Crippen LogP contribution in [0.2, 0.25) is 5.02 Å². The molecule has 0 aromatic heterocycles. The topological polar surface area (TPSA) is 143 Å². The van der Waals surface area contributed by atoms with Crippen molar-refractivity contribution >= 4 is 35.5 Å². The van der Waals surface area contributed by atoms with Gasteiger partial charge in [-0.25, -0.2) is 9.59 Å². The molecule has 11 heteroatoms. The maximum atomic E-state index is 13.5. The van der Waals surface area contributed by atoms with Gasteiger partial charge in [0.2, 0.25) is 11.8 Å². The molecule has 0 aliphatic rings. The van der Waals surface area contributed by atoms with Crippen molar-refractivity contribution in [2.75, 3.05) is 7.11 Å². The molecule has 0 saturated carbocycles. The van der Waals surface area contributed by atoms with Gasteiger partial charge in [-0.05, 0) is 62.1 Å². The smallest absolute Gasteiger partial charge is 0.408 e. The molecule has 0 spiro atoms. The fourth-order valence-corrected chi connectivity index (χ4v) is 4.11. The maximum Gasteiger partial charge on any atom is 0.408 e. The minimum absolute atomic E-state index is 0.0198. The SMILES string of the molecule is CC[C@H](C)[C@H](NC(=O)[C@H](Cc1ccc(Cl)cc1)NC(=O)OC(C)(C)C)C(=O)N[C@@H](Cc1cccc(O)c1)C(=O)OC. The minimum atomic E-state index is -1.07. The van der Waals surface area contributed by atoms with Crippen molar-refractivity contribution in [3.05, 3.63) is 64.7 Å². The molecule has 224 valence electrons. The minimum Gasteiger partial charge on any atom is -0.508 e. The Balaban J connectivity index is 2.28. The fourth-order valence-electron chi connectivity index (χ4n) is 3.99. The largest absolute Gasteiger partial charge is 0.508 e. The summed E-state index contributed by atoms with van der Waals surface area (Å²) in [6, 6.07) is 9.97. The number of rotatable bonds is 12. The Labute approximate surface area is 246 Å². The number of carbonyl (C=O) groups is 4. The Kier molecular flexibility index (Phi) is 12.5. The van der Waals surface area contributed by atoms with Crippen LogP contribution in [0.5, 0.6) is 5.75 Å². The lowest BCUT2D eigenvalue weighted by atomic mass is 9.96. The average molecular weight is 590 g/mol. The van der Waals surface area contributed by atoms with Gasteiger partial charge in [0, 0.05) is 17.9 Å². The van der Waals surface area contributed by atoms with Crippen LogP contribution in [0.15, 0.2) is 48.5 Å². The number of halogens is 1. The summed E-state index contributed by atoms with van der Waals surface area (Å²) in [5.74, 6) is -2.18. The third kappa shape index (κ3) is 11.3. The summed E-state index contributed by atoms with van der Waals surface area (Å²) in [5.41, 5.74) is 0.546. The van der Waals surface area contributed by atoms with Crippen LogP contribution in [0.3, 0.4) is 0 Å². The molecule has 2 aromatic carbocycles. The third-order valence-electron chi connectivity index (χ3n) is 6.31. The number of alkyl carbamates (subject to hydrolysis) is 1. The van der Waals surface area contributed by atoms with Crippen LogP contribution in [0, 0.1) is 5.92 Å². The van der Waals surface area contributed by atoms with E-state index in [2.05, 4.69) is 16.0 Å². The van der Waals surface area contributed by atoms with Gasteiger partial charge < -0.3 is 30.5 Å². The number of ether oxygens (including phenoxy) is 2. The highest BCUT2D eigenvalue weighted by Crippen LogP contribution is 2.16. The summed E-state index contributed by atoms with van der Waals surface area (Å²) in [4.78, 5) is 52.2. The lowest BCUT2D eigenvalue weighted by molar-refractivity contribution is -0.145. The summed E-state index contributed by atoms with van der Waals surface area (Å²) in [6.45, 7) is 8.78. The third-order valence-corrected chi connectivity index (χ3v) is 6.56. The molecule has 0 bridgehead atoms. The molecule has 2 rings (SSSR count). The van der Waals surface area contributed by atoms with E-state index in [1.807, 2.05) is 6.92 Å². The molecule has 0 saturated heterocycles. The Bertz CT molecular complexity index is 1200. The van der Waals surface area contributed by atoms with Gasteiger partial charge in [-0.2, -0.15) is 0 Å². The molecular weight excluding hydrogens is 550 g/mol. The van der Waals surface area contributed by atoms with Crippen LogP contribution >= 0.6 is 11.6 Å². The molecule has 10 nitrogen and oxygen atoms in total. The number of phenols is 1. The van der Waals surface area contributed by atoms with Crippen LogP contribution in [0.1, 0.15) is 52.2 Å². The van der Waals surface area contributed by atoms with E-state index < -0.39 is 47.6 Å². The summed E-state index contributed by atoms with van der Waals surface area (Å²) in [5, 5.41) is 18.4. The number of hydrogen-bond donors (Lipinski definition) is 4. The second-order valence-corrected chi connectivity index (χ2v) is 11.3. The van der Waals surface area contributed by atoms with Crippen LogP contribution < -0.4 is 16.0 Å². The van der Waals surface area contributed by atoms with Crippen molar-refractivity contribution in [1.82, 2.24) is 16.0 Å². The lowest BCUT2D eigenvalue weighted by Gasteiger charge is -2.28. The van der Waals surface area contributed by atoms with Gasteiger partial charge >= 0.3 is 12.1 Å². The molecule has 3 amide bonds. The predicted molar refractivity (Wildman–Crippen MR) is 155 cm³/mol. The van der Waals surface area contributed by atoms with Gasteiger partial charge in [0.25, 0.3) is 0 Å². The average Bonchev–Trinajstić information content (AvgIpc) is 2.90. The molecule has 41 heavy (non-hydrogen) atoms. The summed E-state index contributed by atoms with van der Waals surface area (Å²) >= 11 is 6.00. The van der Waals surface area contributed by atoms with E-state index in [0.717, 1.165) is 5.56 Å². The zero-order valence-electron chi connectivity index (χ0n) is 24.3. The number of amides is 3. The van der Waals surface area contributed by atoms with Crippen LogP contribution in [0.25, 0.3) is 0 Å². The first-order chi connectivity index (χ1) is 19.2. The lowest BCUT2D eigenvalue weighted by Crippen LogP contribution is -2.58. The van der Waals surface area contributed by atoms with Gasteiger partial charge in [0.05, 0.1) is 7.11 Å². The number of nitrogens with one attached hydrogen (secondary N) is 3. The molecule has 0 aliphatic heterocycles. The highest BCUT2D eigenvalue weighted by Gasteiger charge is 2.33. The van der Waals surface area contributed by atoms with E-state index in [1.165, 1.54) is 19.2 Å². The van der Waals surface area contributed by atoms with Gasteiger partial charge in [-0.1, -0.05) is 56.1 Å². The molecule has 2 aromatic rings. The molecular formula is C30H40ClN3O7. The monoisotopic (exact) mass is 589 g/mol. The number of methoxy groups -OCH3 is 1. The quantitative estimate of drug-likeness (QED) is 0.275.